The number of anilines is 1. The van der Waals surface area contributed by atoms with Gasteiger partial charge in [-0.15, -0.1) is 11.3 Å². The van der Waals surface area contributed by atoms with E-state index in [0.29, 0.717) is 6.10 Å². The van der Waals surface area contributed by atoms with Gasteiger partial charge >= 0.3 is 5.97 Å². The Morgan fingerprint density at radius 1 is 1.59 bits per heavy atom. The van der Waals surface area contributed by atoms with Crippen LogP contribution in [-0.4, -0.2) is 28.8 Å². The van der Waals surface area contributed by atoms with Crippen LogP contribution < -0.4 is 5.73 Å². The maximum atomic E-state index is 10.8. The molecule has 5 nitrogen and oxygen atoms in total. The van der Waals surface area contributed by atoms with E-state index >= 15 is 0 Å². The smallest absolute Gasteiger partial charge is 0.357 e. The molecule has 1 unspecified atom stereocenters. The molecule has 2 heterocycles. The number of carbonyl (C=O) groups is 1. The van der Waals surface area contributed by atoms with E-state index in [4.69, 9.17) is 15.6 Å². The minimum absolute atomic E-state index is 0.0189. The van der Waals surface area contributed by atoms with Crippen molar-refractivity contribution in [3.63, 3.8) is 0 Å². The lowest BCUT2D eigenvalue weighted by atomic mass is 10.1. The largest absolute Gasteiger partial charge is 0.476 e. The maximum Gasteiger partial charge on any atom is 0.357 e. The molecule has 1 aromatic heterocycles. The van der Waals surface area contributed by atoms with Crippen LogP contribution in [-0.2, 0) is 11.2 Å². The van der Waals surface area contributed by atoms with E-state index in [1.165, 1.54) is 17.8 Å². The molecular weight excluding hydrogens is 240 g/mol. The second-order valence-electron chi connectivity index (χ2n) is 4.15. The molecule has 0 amide bonds. The number of rotatable bonds is 4. The Bertz CT molecular complexity index is 399. The SMILES string of the molecule is Nc1sc(CCC2CCCCO2)nc1C(=O)O. The molecule has 0 radical (unpaired) electrons. The van der Waals surface area contributed by atoms with Crippen molar-refractivity contribution in [3.8, 4) is 0 Å². The number of aromatic nitrogens is 1. The van der Waals surface area contributed by atoms with Crippen molar-refractivity contribution < 1.29 is 14.6 Å². The molecule has 1 saturated heterocycles. The second kappa shape index (κ2) is 5.46. The van der Waals surface area contributed by atoms with E-state index < -0.39 is 5.97 Å². The molecule has 1 aromatic rings. The van der Waals surface area contributed by atoms with E-state index in [-0.39, 0.29) is 10.7 Å². The highest BCUT2D eigenvalue weighted by Gasteiger charge is 2.17. The summed E-state index contributed by atoms with van der Waals surface area (Å²) in [5.74, 6) is -1.06. The number of hydrogen-bond acceptors (Lipinski definition) is 5. The van der Waals surface area contributed by atoms with Crippen LogP contribution in [0.3, 0.4) is 0 Å². The van der Waals surface area contributed by atoms with E-state index in [1.807, 2.05) is 0 Å². The lowest BCUT2D eigenvalue weighted by molar-refractivity contribution is 0.0115. The number of nitrogens with two attached hydrogens (primary N) is 1. The average Bonchev–Trinajstić information content (AvgIpc) is 2.69. The summed E-state index contributed by atoms with van der Waals surface area (Å²) in [4.78, 5) is 14.8. The highest BCUT2D eigenvalue weighted by Crippen LogP contribution is 2.24. The molecule has 3 N–H and O–H groups in total. The summed E-state index contributed by atoms with van der Waals surface area (Å²) in [5, 5.41) is 9.91. The summed E-state index contributed by atoms with van der Waals surface area (Å²) in [6.07, 6.45) is 5.38. The van der Waals surface area contributed by atoms with Crippen LogP contribution in [0.5, 0.6) is 0 Å². The fraction of sp³-hybridized carbons (Fsp3) is 0.636. The quantitative estimate of drug-likeness (QED) is 0.859. The van der Waals surface area contributed by atoms with Gasteiger partial charge in [-0.05, 0) is 25.7 Å². The first-order valence-electron chi connectivity index (χ1n) is 5.77. The number of aromatic carboxylic acids is 1. The zero-order chi connectivity index (χ0) is 12.3. The molecule has 6 heteroatoms. The molecule has 94 valence electrons. The van der Waals surface area contributed by atoms with E-state index in [0.717, 1.165) is 37.3 Å². The molecular formula is C11H16N2O3S. The third-order valence-corrected chi connectivity index (χ3v) is 3.80. The standard InChI is InChI=1S/C11H16N2O3S/c12-10-9(11(14)15)13-8(17-10)5-4-7-3-1-2-6-16-7/h7H,1-6,12H2,(H,14,15). The number of thiazole rings is 1. The number of nitrogens with zero attached hydrogens (tertiary/aromatic N) is 1. The lowest BCUT2D eigenvalue weighted by Gasteiger charge is -2.21. The zero-order valence-corrected chi connectivity index (χ0v) is 10.3. The van der Waals surface area contributed by atoms with Gasteiger partial charge in [0.25, 0.3) is 0 Å². The van der Waals surface area contributed by atoms with Crippen molar-refractivity contribution in [3.05, 3.63) is 10.7 Å². The van der Waals surface area contributed by atoms with Gasteiger partial charge in [0.2, 0.25) is 0 Å². The van der Waals surface area contributed by atoms with Gasteiger partial charge in [-0.25, -0.2) is 9.78 Å². The molecule has 1 aliphatic rings. The number of carboxylic acid groups (broad SMARTS) is 1. The monoisotopic (exact) mass is 256 g/mol. The Balaban J connectivity index is 1.90. The van der Waals surface area contributed by atoms with Crippen molar-refractivity contribution in [2.75, 3.05) is 12.3 Å². The highest BCUT2D eigenvalue weighted by molar-refractivity contribution is 7.15. The number of nitrogen functional groups attached to an aromatic ring is 1. The Morgan fingerprint density at radius 2 is 2.41 bits per heavy atom. The topological polar surface area (TPSA) is 85.4 Å². The maximum absolute atomic E-state index is 10.8. The molecule has 2 rings (SSSR count). The normalized spacial score (nSPS) is 20.4. The van der Waals surface area contributed by atoms with Crippen molar-refractivity contribution in [1.82, 2.24) is 4.98 Å². The average molecular weight is 256 g/mol. The van der Waals surface area contributed by atoms with Gasteiger partial charge in [0, 0.05) is 13.0 Å². The molecule has 0 bridgehead atoms. The van der Waals surface area contributed by atoms with Crippen LogP contribution in [0.15, 0.2) is 0 Å². The van der Waals surface area contributed by atoms with Crippen LogP contribution in [0, 0.1) is 0 Å². The van der Waals surface area contributed by atoms with Crippen LogP contribution >= 0.6 is 11.3 Å². The molecule has 0 saturated carbocycles. The third kappa shape index (κ3) is 3.17. The minimum Gasteiger partial charge on any atom is -0.476 e. The van der Waals surface area contributed by atoms with Crippen molar-refractivity contribution >= 4 is 22.3 Å². The molecule has 1 fully saturated rings. The Morgan fingerprint density at radius 3 is 3.00 bits per heavy atom. The summed E-state index contributed by atoms with van der Waals surface area (Å²) in [5.41, 5.74) is 5.58. The first kappa shape index (κ1) is 12.3. The molecule has 0 spiro atoms. The Kier molecular flexibility index (Phi) is 3.96. The molecule has 0 aliphatic carbocycles. The summed E-state index contributed by atoms with van der Waals surface area (Å²) < 4.78 is 5.61. The minimum atomic E-state index is -1.06. The van der Waals surface area contributed by atoms with Gasteiger partial charge in [-0.1, -0.05) is 0 Å². The van der Waals surface area contributed by atoms with Gasteiger partial charge < -0.3 is 15.6 Å². The van der Waals surface area contributed by atoms with Gasteiger partial charge in [-0.2, -0.15) is 0 Å². The Labute approximate surface area is 104 Å². The number of ether oxygens (including phenoxy) is 1. The number of hydrogen-bond donors (Lipinski definition) is 2. The molecule has 1 atom stereocenters. The van der Waals surface area contributed by atoms with Crippen LogP contribution in [0.1, 0.15) is 41.2 Å². The lowest BCUT2D eigenvalue weighted by Crippen LogP contribution is -2.19. The molecule has 1 aliphatic heterocycles. The predicted octanol–water partition coefficient (Wildman–Crippen LogP) is 1.93. The van der Waals surface area contributed by atoms with Gasteiger partial charge in [-0.3, -0.25) is 0 Å². The Hall–Kier alpha value is -1.14. The highest BCUT2D eigenvalue weighted by atomic mass is 32.1. The predicted molar refractivity (Wildman–Crippen MR) is 65.4 cm³/mol. The van der Waals surface area contributed by atoms with Gasteiger partial charge in [0.05, 0.1) is 11.1 Å². The molecule has 17 heavy (non-hydrogen) atoms. The summed E-state index contributed by atoms with van der Waals surface area (Å²) in [6.45, 7) is 0.838. The van der Waals surface area contributed by atoms with Crippen LogP contribution in [0.4, 0.5) is 5.00 Å². The van der Waals surface area contributed by atoms with Gasteiger partial charge in [0.15, 0.2) is 5.69 Å². The van der Waals surface area contributed by atoms with Crippen molar-refractivity contribution in [2.24, 2.45) is 0 Å². The number of aryl methyl sites for hydroxylation is 1. The summed E-state index contributed by atoms with van der Waals surface area (Å²) in [7, 11) is 0. The van der Waals surface area contributed by atoms with Crippen LogP contribution in [0.2, 0.25) is 0 Å². The van der Waals surface area contributed by atoms with E-state index in [2.05, 4.69) is 4.98 Å². The van der Waals surface area contributed by atoms with Gasteiger partial charge in [0.1, 0.15) is 5.00 Å². The molecule has 0 aromatic carbocycles. The number of carboxylic acids is 1. The van der Waals surface area contributed by atoms with Crippen molar-refractivity contribution in [1.29, 1.82) is 0 Å². The van der Waals surface area contributed by atoms with Crippen LogP contribution in [0.25, 0.3) is 0 Å². The van der Waals surface area contributed by atoms with Crippen molar-refractivity contribution in [2.45, 2.75) is 38.2 Å². The fourth-order valence-electron chi connectivity index (χ4n) is 1.96. The first-order valence-corrected chi connectivity index (χ1v) is 6.58. The first-order chi connectivity index (χ1) is 8.16. The summed E-state index contributed by atoms with van der Waals surface area (Å²) in [6, 6.07) is 0. The van der Waals surface area contributed by atoms with E-state index in [9.17, 15) is 4.79 Å². The third-order valence-electron chi connectivity index (χ3n) is 2.85. The van der Waals surface area contributed by atoms with E-state index in [1.54, 1.807) is 0 Å². The zero-order valence-electron chi connectivity index (χ0n) is 9.52. The summed E-state index contributed by atoms with van der Waals surface area (Å²) >= 11 is 1.26. The second-order valence-corrected chi connectivity index (χ2v) is 5.27. The fourth-order valence-corrected chi connectivity index (χ4v) is 2.80.